The third-order valence-electron chi connectivity index (χ3n) is 5.05. The SMILES string of the molecule is CCc1ccc(CN(C)C(=O)COC(=O)CCN2C(=O)c3ccccc3C2=O)cc1. The van der Waals surface area contributed by atoms with Crippen LogP contribution in [0.5, 0.6) is 0 Å². The summed E-state index contributed by atoms with van der Waals surface area (Å²) in [5, 5.41) is 0. The first kappa shape index (κ1) is 21.2. The molecule has 156 valence electrons. The molecule has 1 aliphatic rings. The molecule has 0 bridgehead atoms. The number of aryl methyl sites for hydroxylation is 1. The van der Waals surface area contributed by atoms with E-state index in [-0.39, 0.29) is 25.5 Å². The zero-order valence-corrected chi connectivity index (χ0v) is 17.1. The molecule has 0 saturated heterocycles. The Morgan fingerprint density at radius 2 is 1.50 bits per heavy atom. The number of carbonyl (C=O) groups is 4. The van der Waals surface area contributed by atoms with Crippen LogP contribution in [0, 0.1) is 0 Å². The molecule has 7 heteroatoms. The summed E-state index contributed by atoms with van der Waals surface area (Å²) in [6.07, 6.45) is 0.784. The van der Waals surface area contributed by atoms with Crippen molar-refractivity contribution in [3.05, 3.63) is 70.8 Å². The molecule has 7 nitrogen and oxygen atoms in total. The van der Waals surface area contributed by atoms with Crippen molar-refractivity contribution in [2.24, 2.45) is 0 Å². The number of amides is 3. The minimum absolute atomic E-state index is 0.0843. The second kappa shape index (κ2) is 9.35. The van der Waals surface area contributed by atoms with E-state index < -0.39 is 17.8 Å². The van der Waals surface area contributed by atoms with E-state index in [1.54, 1.807) is 31.3 Å². The Morgan fingerprint density at radius 3 is 2.07 bits per heavy atom. The first-order valence-corrected chi connectivity index (χ1v) is 9.83. The summed E-state index contributed by atoms with van der Waals surface area (Å²) in [7, 11) is 1.64. The predicted molar refractivity (Wildman–Crippen MR) is 110 cm³/mol. The predicted octanol–water partition coefficient (Wildman–Crippen LogP) is 2.44. The van der Waals surface area contributed by atoms with Gasteiger partial charge in [-0.1, -0.05) is 43.3 Å². The Kier molecular flexibility index (Phi) is 6.61. The average molecular weight is 408 g/mol. The van der Waals surface area contributed by atoms with Gasteiger partial charge in [-0.15, -0.1) is 0 Å². The van der Waals surface area contributed by atoms with E-state index in [9.17, 15) is 19.2 Å². The van der Waals surface area contributed by atoms with Gasteiger partial charge in [0.25, 0.3) is 17.7 Å². The van der Waals surface area contributed by atoms with E-state index >= 15 is 0 Å². The largest absolute Gasteiger partial charge is 0.456 e. The molecule has 3 rings (SSSR count). The maximum Gasteiger partial charge on any atom is 0.308 e. The lowest BCUT2D eigenvalue weighted by Gasteiger charge is -2.18. The average Bonchev–Trinajstić information content (AvgIpc) is 3.01. The fourth-order valence-electron chi connectivity index (χ4n) is 3.21. The number of benzene rings is 2. The van der Waals surface area contributed by atoms with Gasteiger partial charge in [0.2, 0.25) is 0 Å². The Hall–Kier alpha value is -3.48. The number of rotatable bonds is 8. The Labute approximate surface area is 175 Å². The molecule has 1 aliphatic heterocycles. The maximum absolute atomic E-state index is 12.3. The summed E-state index contributed by atoms with van der Waals surface area (Å²) in [4.78, 5) is 51.3. The van der Waals surface area contributed by atoms with Gasteiger partial charge in [0.15, 0.2) is 6.61 Å². The molecule has 1 heterocycles. The normalized spacial score (nSPS) is 12.7. The van der Waals surface area contributed by atoms with Crippen LogP contribution in [0.1, 0.15) is 45.2 Å². The van der Waals surface area contributed by atoms with E-state index in [0.717, 1.165) is 16.9 Å². The summed E-state index contributed by atoms with van der Waals surface area (Å²) in [5.41, 5.74) is 2.87. The second-order valence-corrected chi connectivity index (χ2v) is 7.14. The molecule has 0 atom stereocenters. The molecule has 3 amide bonds. The molecule has 0 radical (unpaired) electrons. The van der Waals surface area contributed by atoms with Gasteiger partial charge < -0.3 is 9.64 Å². The Morgan fingerprint density at radius 1 is 0.933 bits per heavy atom. The highest BCUT2D eigenvalue weighted by atomic mass is 16.5. The summed E-state index contributed by atoms with van der Waals surface area (Å²) in [6, 6.07) is 14.5. The first-order chi connectivity index (χ1) is 14.4. The Balaban J connectivity index is 1.43. The summed E-state index contributed by atoms with van der Waals surface area (Å²) in [6.45, 7) is 2.02. The minimum atomic E-state index is -0.638. The maximum atomic E-state index is 12.3. The smallest absolute Gasteiger partial charge is 0.308 e. The van der Waals surface area contributed by atoms with E-state index in [4.69, 9.17) is 4.74 Å². The van der Waals surface area contributed by atoms with Gasteiger partial charge in [0.1, 0.15) is 0 Å². The highest BCUT2D eigenvalue weighted by Crippen LogP contribution is 2.22. The van der Waals surface area contributed by atoms with Crippen LogP contribution < -0.4 is 0 Å². The van der Waals surface area contributed by atoms with Crippen LogP contribution in [0.15, 0.2) is 48.5 Å². The molecule has 0 aromatic heterocycles. The fourth-order valence-corrected chi connectivity index (χ4v) is 3.21. The summed E-state index contributed by atoms with van der Waals surface area (Å²) in [5.74, 6) is -1.81. The zero-order valence-electron chi connectivity index (χ0n) is 17.1. The van der Waals surface area contributed by atoms with E-state index in [0.29, 0.717) is 17.7 Å². The van der Waals surface area contributed by atoms with Crippen molar-refractivity contribution < 1.29 is 23.9 Å². The highest BCUT2D eigenvalue weighted by Gasteiger charge is 2.35. The summed E-state index contributed by atoms with van der Waals surface area (Å²) >= 11 is 0. The number of hydrogen-bond acceptors (Lipinski definition) is 5. The molecule has 0 aliphatic carbocycles. The van der Waals surface area contributed by atoms with Crippen molar-refractivity contribution in [1.29, 1.82) is 0 Å². The van der Waals surface area contributed by atoms with Gasteiger partial charge in [0.05, 0.1) is 17.5 Å². The fraction of sp³-hybridized carbons (Fsp3) is 0.304. The monoisotopic (exact) mass is 408 g/mol. The number of imide groups is 1. The molecule has 0 spiro atoms. The van der Waals surface area contributed by atoms with Gasteiger partial charge in [-0.25, -0.2) is 0 Å². The van der Waals surface area contributed by atoms with Crippen molar-refractivity contribution >= 4 is 23.7 Å². The quantitative estimate of drug-likeness (QED) is 0.495. The van der Waals surface area contributed by atoms with Crippen LogP contribution in [0.3, 0.4) is 0 Å². The van der Waals surface area contributed by atoms with E-state index in [1.807, 2.05) is 24.3 Å². The lowest BCUT2D eigenvalue weighted by Crippen LogP contribution is -2.33. The third-order valence-corrected chi connectivity index (χ3v) is 5.05. The van der Waals surface area contributed by atoms with Crippen molar-refractivity contribution in [1.82, 2.24) is 9.80 Å². The molecule has 2 aromatic carbocycles. The molecule has 0 unspecified atom stereocenters. The molecule has 0 saturated carbocycles. The molecular formula is C23H24N2O5. The van der Waals surface area contributed by atoms with E-state index in [1.165, 1.54) is 10.5 Å². The number of likely N-dealkylation sites (N-methyl/N-ethyl adjacent to an activating group) is 1. The number of hydrogen-bond donors (Lipinski definition) is 0. The zero-order chi connectivity index (χ0) is 21.7. The highest BCUT2D eigenvalue weighted by molar-refractivity contribution is 6.21. The molecule has 2 aromatic rings. The van der Waals surface area contributed by atoms with Crippen molar-refractivity contribution in [3.8, 4) is 0 Å². The molecule has 30 heavy (non-hydrogen) atoms. The molecule has 0 N–H and O–H groups in total. The van der Waals surface area contributed by atoms with Crippen LogP contribution in [0.4, 0.5) is 0 Å². The van der Waals surface area contributed by atoms with Crippen LogP contribution in [0.25, 0.3) is 0 Å². The number of fused-ring (bicyclic) bond motifs is 1. The van der Waals surface area contributed by atoms with Crippen molar-refractivity contribution in [2.45, 2.75) is 26.3 Å². The van der Waals surface area contributed by atoms with Gasteiger partial charge in [-0.05, 0) is 29.7 Å². The van der Waals surface area contributed by atoms with Crippen molar-refractivity contribution in [2.75, 3.05) is 20.2 Å². The lowest BCUT2D eigenvalue weighted by molar-refractivity contribution is -0.151. The molecular weight excluding hydrogens is 384 g/mol. The van der Waals surface area contributed by atoms with Gasteiger partial charge >= 0.3 is 5.97 Å². The Bertz CT molecular complexity index is 933. The second-order valence-electron chi connectivity index (χ2n) is 7.14. The van der Waals surface area contributed by atoms with Gasteiger partial charge in [-0.2, -0.15) is 0 Å². The number of esters is 1. The summed E-state index contributed by atoms with van der Waals surface area (Å²) < 4.78 is 5.03. The topological polar surface area (TPSA) is 84.0 Å². The third kappa shape index (κ3) is 4.74. The van der Waals surface area contributed by atoms with E-state index in [2.05, 4.69) is 6.92 Å². The van der Waals surface area contributed by atoms with Gasteiger partial charge in [0, 0.05) is 20.1 Å². The van der Waals surface area contributed by atoms with Crippen LogP contribution in [-0.4, -0.2) is 53.7 Å². The van der Waals surface area contributed by atoms with Crippen LogP contribution in [0.2, 0.25) is 0 Å². The van der Waals surface area contributed by atoms with Crippen LogP contribution in [-0.2, 0) is 27.3 Å². The number of carbonyl (C=O) groups excluding carboxylic acids is 4. The number of ether oxygens (including phenoxy) is 1. The van der Waals surface area contributed by atoms with Gasteiger partial charge in [-0.3, -0.25) is 24.1 Å². The minimum Gasteiger partial charge on any atom is -0.456 e. The van der Waals surface area contributed by atoms with Crippen molar-refractivity contribution in [3.63, 3.8) is 0 Å². The standard InChI is InChI=1S/C23H24N2O5/c1-3-16-8-10-17(11-9-16)14-24(2)20(26)15-30-21(27)12-13-25-22(28)18-6-4-5-7-19(18)23(25)29/h4-11H,3,12-15H2,1-2H3. The lowest BCUT2D eigenvalue weighted by atomic mass is 10.1. The first-order valence-electron chi connectivity index (χ1n) is 9.83. The number of nitrogens with zero attached hydrogens (tertiary/aromatic N) is 2. The molecule has 0 fully saturated rings. The van der Waals surface area contributed by atoms with Crippen LogP contribution >= 0.6 is 0 Å².